The summed E-state index contributed by atoms with van der Waals surface area (Å²) in [5.41, 5.74) is 33.9. The molecule has 17 amide bonds. The molecule has 0 aromatic heterocycles. The fourth-order valence-electron chi connectivity index (χ4n) is 12.4. The molecule has 13 atom stereocenters. The second kappa shape index (κ2) is 61.5. The van der Waals surface area contributed by atoms with Gasteiger partial charge in [0, 0.05) is 62.0 Å². The number of nitrogens with two attached hydrogens (primary N) is 6. The van der Waals surface area contributed by atoms with Crippen LogP contribution in [0, 0.1) is 39.4 Å². The molecule has 2 aromatic carbocycles. The molecule has 2 aliphatic rings. The molecule has 0 saturated carbocycles. The number of amides is 17. The SMILES string of the molecule is CC(C)C[C@H](NC(=O)CNC(=O)CNC(=O)[C@@H](N)CCNC(=N)N)C(=O)N[C@H]1CSSC[C@@H](C(=O)N[C@H](C(=O)NCC(=O)N[C@@H](CCNC(=N)N)C(N)=O)C(C)C)NC(=O)[C@H](C(C)C)NC(=O)[C@@H]2CSSC[C@H](NC(=O)[C@H](Cc3ccc(O)cc3)NC1=O)C(=O)N[C@@H](CCCCNC(=N)N)C(=O)NCC(=O)N[C@@H](CCCCNC(=N)N)C(=O)N[C@@H](Cc1ccccc1)C(=O)N2.Cl.O. The van der Waals surface area contributed by atoms with Gasteiger partial charge in [-0.1, -0.05) is 127 Å². The number of halogens is 1. The topological polar surface area (TPSA) is 834 Å². The third kappa shape index (κ3) is 45.6. The zero-order valence-corrected chi connectivity index (χ0v) is 78.2. The second-order valence-electron chi connectivity index (χ2n) is 31.4. The van der Waals surface area contributed by atoms with Gasteiger partial charge in [0.15, 0.2) is 23.8 Å². The molecule has 2 aliphatic heterocycles. The van der Waals surface area contributed by atoms with Crippen LogP contribution in [0.3, 0.4) is 0 Å². The minimum Gasteiger partial charge on any atom is -0.508 e. The number of nitrogens with one attached hydrogen (secondary N) is 24. The number of carbonyl (C=O) groups excluding carboxylic acids is 17. The van der Waals surface area contributed by atoms with E-state index in [1.165, 1.54) is 52.0 Å². The number of guanidine groups is 4. The molecule has 2 heterocycles. The number of carbonyl (C=O) groups is 17. The Balaban J connectivity index is 0.0000295. The molecule has 2 bridgehead atoms. The monoisotopic (exact) mass is 1950 g/mol. The van der Waals surface area contributed by atoms with Gasteiger partial charge in [-0.2, -0.15) is 0 Å². The van der Waals surface area contributed by atoms with Gasteiger partial charge in [-0.05, 0) is 98.8 Å². The molecule has 2 aromatic rings. The van der Waals surface area contributed by atoms with Gasteiger partial charge in [0.05, 0.1) is 32.2 Å². The Morgan fingerprint density at radius 1 is 0.462 bits per heavy atom. The van der Waals surface area contributed by atoms with Crippen LogP contribution in [0.25, 0.3) is 0 Å². The minimum atomic E-state index is -1.76. The fourth-order valence-corrected chi connectivity index (χ4v) is 17.1. The lowest BCUT2D eigenvalue weighted by Gasteiger charge is -2.30. The van der Waals surface area contributed by atoms with E-state index in [-0.39, 0.29) is 137 Å². The number of phenols is 1. The maximum atomic E-state index is 15.5. The number of fused-ring (bicyclic) bond motifs is 5. The van der Waals surface area contributed by atoms with E-state index in [0.717, 1.165) is 43.2 Å². The van der Waals surface area contributed by atoms with E-state index in [2.05, 4.69) is 106 Å². The summed E-state index contributed by atoms with van der Waals surface area (Å²) < 4.78 is 0. The van der Waals surface area contributed by atoms with Gasteiger partial charge in [-0.15, -0.1) is 12.4 Å². The van der Waals surface area contributed by atoms with Crippen LogP contribution in [0.15, 0.2) is 54.6 Å². The first-order valence-electron chi connectivity index (χ1n) is 41.9. The fraction of sp³-hybridized carbons (Fsp3) is 0.577. The first-order valence-corrected chi connectivity index (χ1v) is 46.9. The summed E-state index contributed by atoms with van der Waals surface area (Å²) in [5, 5.41) is 92.1. The first kappa shape index (κ1) is 116. The number of hydrogen-bond donors (Lipinski definition) is 31. The lowest BCUT2D eigenvalue weighted by molar-refractivity contribution is -0.136. The zero-order chi connectivity index (χ0) is 96.7. The molecule has 54 heteroatoms. The molecule has 736 valence electrons. The van der Waals surface area contributed by atoms with Crippen LogP contribution in [0.4, 0.5) is 0 Å². The van der Waals surface area contributed by atoms with Crippen LogP contribution in [-0.4, -0.2) is 289 Å². The highest BCUT2D eigenvalue weighted by Crippen LogP contribution is 2.27. The van der Waals surface area contributed by atoms with Crippen LogP contribution < -0.4 is 141 Å². The summed E-state index contributed by atoms with van der Waals surface area (Å²) in [6, 6.07) is -6.48. The Hall–Kier alpha value is -12.1. The van der Waals surface area contributed by atoms with Crippen molar-refractivity contribution in [2.24, 2.45) is 52.2 Å². The zero-order valence-electron chi connectivity index (χ0n) is 74.1. The highest BCUT2D eigenvalue weighted by molar-refractivity contribution is 8.77. The number of rotatable bonds is 39. The highest BCUT2D eigenvalue weighted by atomic mass is 35.5. The molecule has 2 fully saturated rings. The normalized spacial score (nSPS) is 20.3. The van der Waals surface area contributed by atoms with Crippen molar-refractivity contribution in [3.05, 3.63) is 65.7 Å². The van der Waals surface area contributed by atoms with E-state index >= 15 is 33.6 Å². The molecule has 49 nitrogen and oxygen atoms in total. The standard InChI is InChI=1S/C78H126N30O18S4.ClH.H2O/c1-39(2)28-49(99-57(111)32-93-56(110)31-94-63(115)45(79)22-26-91-77(85)86)66(118)103-53-36-128-130-38-55(72(124)107-60(40(3)4)73(125)96-34-58(112)97-46(62(80)114)23-27-92-78(87)88)106-74(126)61(41(5)6)108-71(123)54-37-129-127-35-52(104-68(120)51(102-70(53)122)30-43-18-20-44(109)21-19-43)69(121)100-47(16-10-12-24-89-75(81)82)64(116)95-33-59(113)98-48(17-11-13-25-90-76(83)84)65(117)101-50(67(119)105-54)29-42-14-8-7-9-15-42;;/h7-9,14-15,18-21,39-41,45-55,60-61,109H,10-13,16-17,22-38,79H2,1-6H3,(H2,80,114)(H,93,110)(H,94,115)(H,95,116)(H,96,125)(H,97,112)(H,98,113)(H,99,111)(H,100,121)(H,101,117)(H,102,122)(H,103,118)(H,104,120)(H,105,119)(H,106,126)(H,107,124)(H,108,123)(H4,81,82,89)(H4,83,84,90)(H4,85,86,91)(H4,87,88,92);1H;1H2/t45-,46-,47-,48-,49-,50-,51-,52-,53-,54-,55-,60-,61-;;/m0../s1. The summed E-state index contributed by atoms with van der Waals surface area (Å²) in [5.74, 6) is -22.1. The van der Waals surface area contributed by atoms with Gasteiger partial charge in [-0.25, -0.2) is 0 Å². The van der Waals surface area contributed by atoms with Gasteiger partial charge in [-0.3, -0.25) is 103 Å². The van der Waals surface area contributed by atoms with Gasteiger partial charge in [0.1, 0.15) is 78.3 Å². The number of primary amides is 1. The third-order valence-corrected chi connectivity index (χ3v) is 24.3. The third-order valence-electron chi connectivity index (χ3n) is 19.4. The van der Waals surface area contributed by atoms with Crippen molar-refractivity contribution in [1.29, 1.82) is 21.6 Å². The van der Waals surface area contributed by atoms with Crippen molar-refractivity contribution < 1.29 is 92.1 Å². The summed E-state index contributed by atoms with van der Waals surface area (Å²) in [6.07, 6.45) is -0.203. The molecule has 39 N–H and O–H groups in total. The average molecular weight is 1950 g/mol. The van der Waals surface area contributed by atoms with Crippen LogP contribution in [0.2, 0.25) is 0 Å². The summed E-state index contributed by atoms with van der Waals surface area (Å²) in [4.78, 5) is 245. The molecular weight excluding hydrogens is 1820 g/mol. The predicted molar refractivity (Wildman–Crippen MR) is 501 cm³/mol. The quantitative estimate of drug-likeness (QED) is 0.0128. The molecule has 0 radical (unpaired) electrons. The van der Waals surface area contributed by atoms with Gasteiger partial charge in [0.25, 0.3) is 0 Å². The molecule has 0 unspecified atom stereocenters. The predicted octanol–water partition coefficient (Wildman–Crippen LogP) is -8.93. The number of aromatic hydroxyl groups is 1. The van der Waals surface area contributed by atoms with E-state index < -0.39 is 252 Å². The Morgan fingerprint density at radius 2 is 0.924 bits per heavy atom. The maximum absolute atomic E-state index is 15.5. The number of hydrogen-bond acceptors (Lipinski definition) is 27. The molecule has 0 spiro atoms. The lowest BCUT2D eigenvalue weighted by atomic mass is 10.0. The van der Waals surface area contributed by atoms with Crippen LogP contribution in [-0.2, 0) is 94.3 Å². The Labute approximate surface area is 785 Å². The Kier molecular flexibility index (Phi) is 54.1. The molecule has 2 saturated heterocycles. The highest BCUT2D eigenvalue weighted by Gasteiger charge is 2.39. The van der Waals surface area contributed by atoms with E-state index in [1.54, 1.807) is 44.2 Å². The van der Waals surface area contributed by atoms with Crippen molar-refractivity contribution in [3.63, 3.8) is 0 Å². The molecule has 4 rings (SSSR count). The minimum absolute atomic E-state index is 0. The van der Waals surface area contributed by atoms with Crippen molar-refractivity contribution >= 4 is 180 Å². The van der Waals surface area contributed by atoms with E-state index in [4.69, 9.17) is 56.0 Å². The lowest BCUT2D eigenvalue weighted by Crippen LogP contribution is -2.62. The van der Waals surface area contributed by atoms with Gasteiger partial charge >= 0.3 is 0 Å². The van der Waals surface area contributed by atoms with E-state index in [1.807, 2.05) is 0 Å². The van der Waals surface area contributed by atoms with Gasteiger partial charge in [0.2, 0.25) is 100 Å². The maximum Gasteiger partial charge on any atom is 0.244 e. The van der Waals surface area contributed by atoms with Gasteiger partial charge < -0.3 is 151 Å². The smallest absolute Gasteiger partial charge is 0.244 e. The summed E-state index contributed by atoms with van der Waals surface area (Å²) in [7, 11) is 3.30. The summed E-state index contributed by atoms with van der Waals surface area (Å²) >= 11 is 0. The van der Waals surface area contributed by atoms with E-state index in [0.29, 0.717) is 12.0 Å². The molecular formula is C78H129ClN30O19S4. The Bertz CT molecular complexity index is 4250. The van der Waals surface area contributed by atoms with Crippen molar-refractivity contribution in [3.8, 4) is 5.75 Å². The van der Waals surface area contributed by atoms with Crippen LogP contribution >= 0.6 is 55.6 Å². The number of benzene rings is 2. The second-order valence-corrected chi connectivity index (χ2v) is 36.6. The van der Waals surface area contributed by atoms with E-state index in [9.17, 15) is 53.1 Å². The largest absolute Gasteiger partial charge is 0.508 e. The van der Waals surface area contributed by atoms with Crippen LogP contribution in [0.1, 0.15) is 110 Å². The van der Waals surface area contributed by atoms with Crippen molar-refractivity contribution in [1.82, 2.24) is 106 Å². The number of phenolic OH excluding ortho intramolecular Hbond substituents is 1. The number of unbranched alkanes of at least 4 members (excludes halogenated alkanes) is 2. The van der Waals surface area contributed by atoms with Crippen molar-refractivity contribution in [2.75, 3.05) is 75.4 Å². The average Bonchev–Trinajstić information content (AvgIpc) is 0.843. The van der Waals surface area contributed by atoms with Crippen LogP contribution in [0.5, 0.6) is 5.75 Å². The molecule has 132 heavy (non-hydrogen) atoms. The summed E-state index contributed by atoms with van der Waals surface area (Å²) in [6.45, 7) is 6.89. The van der Waals surface area contributed by atoms with Crippen molar-refractivity contribution in [2.45, 2.75) is 191 Å². The first-order chi connectivity index (χ1) is 61.5. The molecule has 0 aliphatic carbocycles. The Morgan fingerprint density at radius 3 is 1.45 bits per heavy atom.